The van der Waals surface area contributed by atoms with Gasteiger partial charge in [0.25, 0.3) is 0 Å². The van der Waals surface area contributed by atoms with Gasteiger partial charge in [-0.3, -0.25) is 0 Å². The summed E-state index contributed by atoms with van der Waals surface area (Å²) >= 11 is 0. The van der Waals surface area contributed by atoms with E-state index in [-0.39, 0.29) is 6.42 Å². The van der Waals surface area contributed by atoms with E-state index in [9.17, 15) is 13.2 Å². The normalized spacial score (nSPS) is 11.7. The molecule has 1 aromatic rings. The van der Waals surface area contributed by atoms with Gasteiger partial charge in [-0.2, -0.15) is 13.2 Å². The molecule has 0 aromatic heterocycles. The van der Waals surface area contributed by atoms with E-state index in [1.165, 1.54) is 0 Å². The van der Waals surface area contributed by atoms with Crippen LogP contribution in [-0.2, 0) is 6.42 Å². The van der Waals surface area contributed by atoms with Crippen molar-refractivity contribution in [1.29, 1.82) is 0 Å². The quantitative estimate of drug-likeness (QED) is 0.697. The molecule has 0 amide bonds. The molecule has 1 rings (SSSR count). The van der Waals surface area contributed by atoms with Crippen molar-refractivity contribution < 1.29 is 13.2 Å². The molecule has 0 aliphatic rings. The number of benzene rings is 1. The summed E-state index contributed by atoms with van der Waals surface area (Å²) in [6.45, 7) is 1.96. The van der Waals surface area contributed by atoms with Gasteiger partial charge in [0.2, 0.25) is 0 Å². The molecule has 1 aromatic carbocycles. The second-order valence-electron chi connectivity index (χ2n) is 3.45. The van der Waals surface area contributed by atoms with Gasteiger partial charge in [-0.15, -0.1) is 0 Å². The van der Waals surface area contributed by atoms with E-state index in [2.05, 4.69) is 0 Å². The molecular formula is C11H13F3. The zero-order valence-electron chi connectivity index (χ0n) is 8.06. The monoisotopic (exact) mass is 202 g/mol. The van der Waals surface area contributed by atoms with Gasteiger partial charge in [0.1, 0.15) is 0 Å². The van der Waals surface area contributed by atoms with Crippen molar-refractivity contribution in [2.24, 2.45) is 0 Å². The minimum absolute atomic E-state index is 0.173. The number of alkyl halides is 3. The highest BCUT2D eigenvalue weighted by atomic mass is 19.4. The van der Waals surface area contributed by atoms with Crippen molar-refractivity contribution in [3.8, 4) is 0 Å². The van der Waals surface area contributed by atoms with Gasteiger partial charge in [-0.1, -0.05) is 29.8 Å². The zero-order chi connectivity index (χ0) is 10.6. The van der Waals surface area contributed by atoms with E-state index in [1.54, 1.807) is 0 Å². The molecule has 0 aliphatic carbocycles. The molecule has 0 bridgehead atoms. The fraction of sp³-hybridized carbons (Fsp3) is 0.455. The first-order chi connectivity index (χ1) is 6.47. The average molecular weight is 202 g/mol. The molecule has 0 heterocycles. The summed E-state index contributed by atoms with van der Waals surface area (Å²) < 4.78 is 35.5. The summed E-state index contributed by atoms with van der Waals surface area (Å²) in [6, 6.07) is 7.60. The average Bonchev–Trinajstić information content (AvgIpc) is 2.06. The second-order valence-corrected chi connectivity index (χ2v) is 3.45. The van der Waals surface area contributed by atoms with Crippen molar-refractivity contribution in [2.45, 2.75) is 32.4 Å². The van der Waals surface area contributed by atoms with Crippen molar-refractivity contribution in [3.05, 3.63) is 35.4 Å². The fourth-order valence-corrected chi connectivity index (χ4v) is 1.25. The van der Waals surface area contributed by atoms with Crippen LogP contribution >= 0.6 is 0 Å². The van der Waals surface area contributed by atoms with Crippen LogP contribution in [0.2, 0.25) is 0 Å². The van der Waals surface area contributed by atoms with Crippen LogP contribution in [0.4, 0.5) is 13.2 Å². The summed E-state index contributed by atoms with van der Waals surface area (Å²) in [6.07, 6.45) is -4.04. The van der Waals surface area contributed by atoms with Gasteiger partial charge in [-0.05, 0) is 25.3 Å². The van der Waals surface area contributed by atoms with Crippen LogP contribution in [-0.4, -0.2) is 6.18 Å². The van der Waals surface area contributed by atoms with Crippen LogP contribution < -0.4 is 0 Å². The van der Waals surface area contributed by atoms with E-state index in [1.807, 2.05) is 31.2 Å². The Balaban J connectivity index is 2.35. The molecule has 0 saturated carbocycles. The number of hydrogen-bond donors (Lipinski definition) is 0. The van der Waals surface area contributed by atoms with Crippen LogP contribution in [0.25, 0.3) is 0 Å². The molecular weight excluding hydrogens is 189 g/mol. The topological polar surface area (TPSA) is 0 Å². The standard InChI is InChI=1S/C11H13F3/c1-9-4-6-10(7-5-9)3-2-8-11(12,13)14/h4-7H,2-3,8H2,1H3. The summed E-state index contributed by atoms with van der Waals surface area (Å²) in [7, 11) is 0. The molecule has 0 aliphatic heterocycles. The Morgan fingerprint density at radius 3 is 2.14 bits per heavy atom. The summed E-state index contributed by atoms with van der Waals surface area (Å²) in [4.78, 5) is 0. The maximum Gasteiger partial charge on any atom is 0.389 e. The first kappa shape index (κ1) is 11.1. The number of rotatable bonds is 3. The summed E-state index contributed by atoms with van der Waals surface area (Å²) in [5.74, 6) is 0. The lowest BCUT2D eigenvalue weighted by Crippen LogP contribution is -2.07. The van der Waals surface area contributed by atoms with Gasteiger partial charge >= 0.3 is 6.18 Å². The highest BCUT2D eigenvalue weighted by molar-refractivity contribution is 5.21. The SMILES string of the molecule is Cc1ccc(CCCC(F)(F)F)cc1. The van der Waals surface area contributed by atoms with Gasteiger partial charge in [0, 0.05) is 6.42 Å². The lowest BCUT2D eigenvalue weighted by molar-refractivity contribution is -0.135. The van der Waals surface area contributed by atoms with Crippen LogP contribution in [0.5, 0.6) is 0 Å². The number of halogens is 3. The van der Waals surface area contributed by atoms with Crippen molar-refractivity contribution >= 4 is 0 Å². The van der Waals surface area contributed by atoms with Crippen LogP contribution in [0.3, 0.4) is 0 Å². The molecule has 78 valence electrons. The summed E-state index contributed by atoms with van der Waals surface area (Å²) in [5.41, 5.74) is 2.10. The highest BCUT2D eigenvalue weighted by Crippen LogP contribution is 2.22. The molecule has 0 N–H and O–H groups in total. The minimum Gasteiger partial charge on any atom is -0.171 e. The van der Waals surface area contributed by atoms with E-state index in [4.69, 9.17) is 0 Å². The molecule has 0 radical (unpaired) electrons. The maximum absolute atomic E-state index is 11.8. The molecule has 0 saturated heterocycles. The Labute approximate surface area is 81.8 Å². The van der Waals surface area contributed by atoms with Crippen LogP contribution in [0.1, 0.15) is 24.0 Å². The molecule has 0 unspecified atom stereocenters. The van der Waals surface area contributed by atoms with Crippen molar-refractivity contribution in [2.75, 3.05) is 0 Å². The lowest BCUT2D eigenvalue weighted by Gasteiger charge is -2.05. The third kappa shape index (κ3) is 4.30. The fourth-order valence-electron chi connectivity index (χ4n) is 1.25. The van der Waals surface area contributed by atoms with Gasteiger partial charge in [0.05, 0.1) is 0 Å². The first-order valence-electron chi connectivity index (χ1n) is 4.60. The Bertz CT molecular complexity index is 272. The van der Waals surface area contributed by atoms with Gasteiger partial charge < -0.3 is 0 Å². The Hall–Kier alpha value is -0.990. The summed E-state index contributed by atoms with van der Waals surface area (Å²) in [5, 5.41) is 0. The van der Waals surface area contributed by atoms with E-state index in [0.29, 0.717) is 6.42 Å². The van der Waals surface area contributed by atoms with Crippen LogP contribution in [0, 0.1) is 6.92 Å². The van der Waals surface area contributed by atoms with Crippen molar-refractivity contribution in [3.63, 3.8) is 0 Å². The molecule has 0 nitrogen and oxygen atoms in total. The zero-order valence-corrected chi connectivity index (χ0v) is 8.06. The van der Waals surface area contributed by atoms with E-state index < -0.39 is 12.6 Å². The Morgan fingerprint density at radius 1 is 1.07 bits per heavy atom. The smallest absolute Gasteiger partial charge is 0.171 e. The molecule has 0 spiro atoms. The lowest BCUT2D eigenvalue weighted by atomic mass is 10.1. The molecule has 0 atom stereocenters. The predicted octanol–water partition coefficient (Wildman–Crippen LogP) is 3.88. The Kier molecular flexibility index (Phi) is 3.55. The Morgan fingerprint density at radius 2 is 1.64 bits per heavy atom. The second kappa shape index (κ2) is 4.49. The highest BCUT2D eigenvalue weighted by Gasteiger charge is 2.25. The number of aryl methyl sites for hydroxylation is 2. The third-order valence-electron chi connectivity index (χ3n) is 2.05. The van der Waals surface area contributed by atoms with E-state index in [0.717, 1.165) is 11.1 Å². The number of hydrogen-bond acceptors (Lipinski definition) is 0. The predicted molar refractivity (Wildman–Crippen MR) is 50.2 cm³/mol. The maximum atomic E-state index is 11.8. The van der Waals surface area contributed by atoms with Gasteiger partial charge in [0.15, 0.2) is 0 Å². The third-order valence-corrected chi connectivity index (χ3v) is 2.05. The largest absolute Gasteiger partial charge is 0.389 e. The van der Waals surface area contributed by atoms with Crippen LogP contribution in [0.15, 0.2) is 24.3 Å². The molecule has 0 fully saturated rings. The first-order valence-corrected chi connectivity index (χ1v) is 4.60. The van der Waals surface area contributed by atoms with Gasteiger partial charge in [-0.25, -0.2) is 0 Å². The molecule has 3 heteroatoms. The van der Waals surface area contributed by atoms with Crippen molar-refractivity contribution in [1.82, 2.24) is 0 Å². The minimum atomic E-state index is -4.02. The van der Waals surface area contributed by atoms with E-state index >= 15 is 0 Å². The molecule has 14 heavy (non-hydrogen) atoms.